The summed E-state index contributed by atoms with van der Waals surface area (Å²) in [4.78, 5) is 14.0. The normalized spacial score (nSPS) is 43.9. The van der Waals surface area contributed by atoms with Gasteiger partial charge in [0.15, 0.2) is 0 Å². The van der Waals surface area contributed by atoms with Gasteiger partial charge in [0.2, 0.25) is 11.8 Å². The molecule has 3 unspecified atom stereocenters. The van der Waals surface area contributed by atoms with E-state index in [1.54, 1.807) is 44.2 Å². The van der Waals surface area contributed by atoms with Gasteiger partial charge in [-0.15, -0.1) is 10.2 Å². The number of nitrogens with one attached hydrogen (secondary N) is 1. The van der Waals surface area contributed by atoms with E-state index in [4.69, 9.17) is 6.85 Å². The molecule has 0 spiro atoms. The molecule has 2 aliphatic heterocycles. The molecule has 37 heavy (non-hydrogen) atoms. The number of piperidine rings is 1. The van der Waals surface area contributed by atoms with E-state index in [-0.39, 0.29) is 18.1 Å². The Morgan fingerprint density at radius 3 is 2.41 bits per heavy atom. The van der Waals surface area contributed by atoms with Crippen molar-refractivity contribution in [1.29, 1.82) is 0 Å². The van der Waals surface area contributed by atoms with Crippen molar-refractivity contribution in [3.63, 3.8) is 0 Å². The second kappa shape index (κ2) is 10.8. The van der Waals surface area contributed by atoms with Crippen molar-refractivity contribution < 1.29 is 30.0 Å². The van der Waals surface area contributed by atoms with Crippen molar-refractivity contribution in [1.82, 2.24) is 25.0 Å². The highest BCUT2D eigenvalue weighted by molar-refractivity contribution is 5.79. The summed E-state index contributed by atoms with van der Waals surface area (Å²) in [6.45, 7) is 3.86. The van der Waals surface area contributed by atoms with E-state index in [9.17, 15) is 23.2 Å². The molecule has 2 saturated heterocycles. The molecule has 3 atom stereocenters. The number of hydrogen-bond acceptors (Lipinski definition) is 4. The van der Waals surface area contributed by atoms with Gasteiger partial charge in [-0.05, 0) is 57.2 Å². The summed E-state index contributed by atoms with van der Waals surface area (Å²) in [5.41, 5.74) is 0.427. The van der Waals surface area contributed by atoms with Gasteiger partial charge in [0.1, 0.15) is 11.6 Å². The Morgan fingerprint density at radius 2 is 1.78 bits per heavy atom. The van der Waals surface area contributed by atoms with E-state index in [0.29, 0.717) is 10.5 Å². The molecule has 6 nitrogen and oxygen atoms in total. The molecule has 3 fully saturated rings. The largest absolute Gasteiger partial charge is 0.349 e. The molecule has 0 radical (unpaired) electrons. The molecular weight excluding hydrogens is 472 g/mol. The summed E-state index contributed by atoms with van der Waals surface area (Å²) < 4.78 is 139. The van der Waals surface area contributed by atoms with Gasteiger partial charge in [0.05, 0.1) is 7.41 Å². The Bertz CT molecular complexity index is 1560. The molecule has 5 rings (SSSR count). The molecule has 1 amide bonds. The summed E-state index contributed by atoms with van der Waals surface area (Å²) in [5, 5.41) is 10.6. The molecule has 1 aromatic heterocycles. The lowest BCUT2D eigenvalue weighted by molar-refractivity contribution is -0.130. The lowest BCUT2D eigenvalue weighted by Crippen LogP contribution is -2.45. The van der Waals surface area contributed by atoms with Crippen molar-refractivity contribution in [3.8, 4) is 0 Å². The van der Waals surface area contributed by atoms with Crippen LogP contribution >= 0.6 is 0 Å². The molecule has 2 bridgehead atoms. The Morgan fingerprint density at radius 1 is 1.14 bits per heavy atom. The number of carbonyl (C=O) groups is 1. The van der Waals surface area contributed by atoms with Crippen LogP contribution < -0.4 is 5.32 Å². The minimum absolute atomic E-state index is 0.0712. The monoisotopic (exact) mass is 525 g/mol. The van der Waals surface area contributed by atoms with Crippen LogP contribution in [0.25, 0.3) is 0 Å². The molecule has 3 aliphatic rings. The van der Waals surface area contributed by atoms with Crippen molar-refractivity contribution >= 4 is 5.91 Å². The third-order valence-electron chi connectivity index (χ3n) is 6.96. The molecule has 8 heteroatoms. The van der Waals surface area contributed by atoms with Gasteiger partial charge in [-0.2, -0.15) is 0 Å². The lowest BCUT2D eigenvalue weighted by Gasteiger charge is -2.40. The summed E-state index contributed by atoms with van der Waals surface area (Å²) in [6.07, 6.45) is -16.9. The van der Waals surface area contributed by atoms with Gasteiger partial charge < -0.3 is 9.88 Å². The van der Waals surface area contributed by atoms with E-state index in [1.807, 2.05) is 0 Å². The second-order valence-corrected chi connectivity index (χ2v) is 9.98. The van der Waals surface area contributed by atoms with E-state index in [0.717, 1.165) is 4.57 Å². The standard InChI is InChI=1S/C29H41F2N5O/c1-19(2)27-34-33-20(3)36(27)25-17-23-9-10-24(18-25)35(23)16-13-26(21-7-5-4-6-8-21)32-28(37)22-11-14-29(30,31)15-12-22/h4-8,19,22-26H,9-18H2,1-3H3,(H,32,37)/i9D2,10D2,17D2,18D2,22D,23D,24D,25D. The van der Waals surface area contributed by atoms with Crippen molar-refractivity contribution in [2.75, 3.05) is 6.54 Å². The molecule has 3 heterocycles. The van der Waals surface area contributed by atoms with Crippen LogP contribution in [0.2, 0.25) is 0 Å². The number of alkyl halides is 2. The van der Waals surface area contributed by atoms with Gasteiger partial charge in [-0.3, -0.25) is 9.69 Å². The Labute approximate surface area is 236 Å². The number of rotatable bonds is 8. The molecule has 1 N–H and O–H groups in total. The smallest absolute Gasteiger partial charge is 0.248 e. The molecule has 2 aromatic rings. The van der Waals surface area contributed by atoms with Gasteiger partial charge in [-0.25, -0.2) is 8.78 Å². The van der Waals surface area contributed by atoms with Gasteiger partial charge >= 0.3 is 0 Å². The Kier molecular flexibility index (Phi) is 4.46. The first kappa shape index (κ1) is 15.3. The second-order valence-electron chi connectivity index (χ2n) is 9.98. The summed E-state index contributed by atoms with van der Waals surface area (Å²) >= 11 is 0. The zero-order valence-electron chi connectivity index (χ0n) is 33.2. The van der Waals surface area contributed by atoms with Crippen molar-refractivity contribution in [3.05, 3.63) is 47.5 Å². The highest BCUT2D eigenvalue weighted by Crippen LogP contribution is 2.42. The number of aromatic nitrogens is 3. The van der Waals surface area contributed by atoms with Crippen LogP contribution in [0.1, 0.15) is 123 Å². The fraction of sp³-hybridized carbons (Fsp3) is 0.690. The minimum atomic E-state index is -3.60. The SMILES string of the molecule is [2H]C1(C(=O)NC(CCN2C3([2H])C([2H])([2H])C([2H])([2H])C2([2H])C([2H])([2H])C([2H])(n2c(C)nnc2C(C)C)C3([2H])[2H])c2ccccc2)CCC(F)(F)CC1. The predicted molar refractivity (Wildman–Crippen MR) is 139 cm³/mol. The molecule has 1 saturated carbocycles. The van der Waals surface area contributed by atoms with E-state index >= 15 is 0 Å². The Hall–Kier alpha value is -2.35. The highest BCUT2D eigenvalue weighted by Gasteiger charge is 2.42. The van der Waals surface area contributed by atoms with E-state index in [2.05, 4.69) is 15.5 Å². The van der Waals surface area contributed by atoms with Crippen LogP contribution in [0, 0.1) is 12.8 Å². The average Bonchev–Trinajstić information content (AvgIpc) is 3.45. The maximum absolute atomic E-state index is 13.9. The lowest BCUT2D eigenvalue weighted by atomic mass is 9.86. The Balaban J connectivity index is 1.62. The van der Waals surface area contributed by atoms with Crippen molar-refractivity contribution in [2.45, 2.75) is 114 Å². The highest BCUT2D eigenvalue weighted by atomic mass is 19.3. The first-order valence-electron chi connectivity index (χ1n) is 18.7. The van der Waals surface area contributed by atoms with Gasteiger partial charge in [0, 0.05) is 64.3 Å². The average molecular weight is 526 g/mol. The molecule has 1 aliphatic carbocycles. The van der Waals surface area contributed by atoms with Crippen LogP contribution in [0.5, 0.6) is 0 Å². The number of nitrogens with zero attached hydrogens (tertiary/aromatic N) is 4. The summed E-state index contributed by atoms with van der Waals surface area (Å²) in [6, 6.07) is -3.10. The van der Waals surface area contributed by atoms with Crippen molar-refractivity contribution in [2.24, 2.45) is 5.89 Å². The fourth-order valence-electron chi connectivity index (χ4n) is 4.85. The van der Waals surface area contributed by atoms with Crippen LogP contribution in [0.4, 0.5) is 8.78 Å². The zero-order valence-corrected chi connectivity index (χ0v) is 21.2. The van der Waals surface area contributed by atoms with Crippen LogP contribution in [-0.2, 0) is 4.79 Å². The number of hydrogen-bond donors (Lipinski definition) is 1. The van der Waals surface area contributed by atoms with Gasteiger partial charge in [0.25, 0.3) is 0 Å². The summed E-state index contributed by atoms with van der Waals surface area (Å²) in [7, 11) is 0. The molecule has 1 aromatic carbocycles. The fourth-order valence-corrected chi connectivity index (χ4v) is 4.85. The van der Waals surface area contributed by atoms with Crippen LogP contribution in [0.3, 0.4) is 0 Å². The maximum atomic E-state index is 13.9. The van der Waals surface area contributed by atoms with E-state index in [1.165, 1.54) is 6.92 Å². The number of amides is 1. The quantitative estimate of drug-likeness (QED) is 0.463. The number of benzene rings is 1. The first-order chi connectivity index (χ1) is 22.2. The molecule has 202 valence electrons. The van der Waals surface area contributed by atoms with Crippen LogP contribution in [-0.4, -0.2) is 50.1 Å². The predicted octanol–water partition coefficient (Wildman–Crippen LogP) is 5.95. The third kappa shape index (κ3) is 5.74. The topological polar surface area (TPSA) is 63.1 Å². The van der Waals surface area contributed by atoms with Crippen LogP contribution in [0.15, 0.2) is 30.3 Å². The van der Waals surface area contributed by atoms with Gasteiger partial charge in [-0.1, -0.05) is 44.2 Å². The zero-order chi connectivity index (χ0) is 37.0. The summed E-state index contributed by atoms with van der Waals surface area (Å²) in [5.74, 6) is -6.56. The number of aryl methyl sites for hydroxylation is 1. The number of fused-ring (bicyclic) bond motifs is 2. The number of halogens is 2. The third-order valence-corrected chi connectivity index (χ3v) is 6.96. The molecular formula is C29H41F2N5O. The first-order valence-corrected chi connectivity index (χ1v) is 12.7. The minimum Gasteiger partial charge on any atom is -0.349 e. The maximum Gasteiger partial charge on any atom is 0.248 e. The van der Waals surface area contributed by atoms with E-state index < -0.39 is 105 Å². The number of carbonyl (C=O) groups excluding carboxylic acids is 1.